The second kappa shape index (κ2) is 4.13. The number of alkyl halides is 1. The lowest BCUT2D eigenvalue weighted by atomic mass is 10.1. The number of aryl methyl sites for hydroxylation is 2. The molecule has 0 saturated carbocycles. The van der Waals surface area contributed by atoms with Crippen molar-refractivity contribution < 1.29 is 0 Å². The van der Waals surface area contributed by atoms with Crippen molar-refractivity contribution in [1.29, 1.82) is 0 Å². The molecule has 0 unspecified atom stereocenters. The summed E-state index contributed by atoms with van der Waals surface area (Å²) in [4.78, 5) is 4.36. The average Bonchev–Trinajstić information content (AvgIpc) is 2.54. The van der Waals surface area contributed by atoms with Gasteiger partial charge in [0.15, 0.2) is 0 Å². The highest BCUT2D eigenvalue weighted by atomic mass is 79.9. The molecule has 0 aliphatic carbocycles. The van der Waals surface area contributed by atoms with Gasteiger partial charge in [0.1, 0.15) is 5.65 Å². The molecule has 0 aliphatic rings. The van der Waals surface area contributed by atoms with Crippen LogP contribution < -0.4 is 0 Å². The molecule has 2 nitrogen and oxygen atoms in total. The van der Waals surface area contributed by atoms with Crippen molar-refractivity contribution in [1.82, 2.24) is 9.55 Å². The van der Waals surface area contributed by atoms with Gasteiger partial charge in [-0.1, -0.05) is 15.9 Å². The third kappa shape index (κ3) is 1.69. The van der Waals surface area contributed by atoms with E-state index in [1.165, 1.54) is 17.4 Å². The van der Waals surface area contributed by atoms with Crippen molar-refractivity contribution in [3.63, 3.8) is 0 Å². The van der Waals surface area contributed by atoms with Crippen molar-refractivity contribution in [2.24, 2.45) is 7.05 Å². The molecule has 0 fully saturated rings. The van der Waals surface area contributed by atoms with Crippen LogP contribution in [0.4, 0.5) is 0 Å². The summed E-state index contributed by atoms with van der Waals surface area (Å²) in [6.45, 7) is 0. The van der Waals surface area contributed by atoms with Gasteiger partial charge in [-0.3, -0.25) is 0 Å². The Balaban J connectivity index is 2.44. The highest BCUT2D eigenvalue weighted by Gasteiger charge is 2.05. The van der Waals surface area contributed by atoms with Gasteiger partial charge in [-0.05, 0) is 30.5 Å². The van der Waals surface area contributed by atoms with E-state index >= 15 is 0 Å². The minimum atomic E-state index is 1.06. The van der Waals surface area contributed by atoms with E-state index < -0.39 is 0 Å². The Morgan fingerprint density at radius 1 is 1.50 bits per heavy atom. The fraction of sp³-hybridized carbons (Fsp3) is 0.364. The van der Waals surface area contributed by atoms with Crippen LogP contribution in [0.25, 0.3) is 11.0 Å². The molecule has 0 atom stereocenters. The predicted octanol–water partition coefficient (Wildman–Crippen LogP) is 2.90. The molecule has 0 aromatic carbocycles. The fourth-order valence-electron chi connectivity index (χ4n) is 1.75. The number of nitrogens with zero attached hydrogens (tertiary/aromatic N) is 2. The molecule has 0 N–H and O–H groups in total. The van der Waals surface area contributed by atoms with Crippen LogP contribution in [-0.4, -0.2) is 14.9 Å². The minimum Gasteiger partial charge on any atom is -0.335 e. The second-order valence-electron chi connectivity index (χ2n) is 3.43. The Morgan fingerprint density at radius 3 is 3.14 bits per heavy atom. The second-order valence-corrected chi connectivity index (χ2v) is 4.23. The van der Waals surface area contributed by atoms with Crippen LogP contribution >= 0.6 is 15.9 Å². The van der Waals surface area contributed by atoms with Crippen molar-refractivity contribution in [2.75, 3.05) is 5.33 Å². The van der Waals surface area contributed by atoms with E-state index in [0.717, 1.165) is 17.4 Å². The van der Waals surface area contributed by atoms with Crippen molar-refractivity contribution in [3.05, 3.63) is 30.1 Å². The highest BCUT2D eigenvalue weighted by Crippen LogP contribution is 2.19. The van der Waals surface area contributed by atoms with Gasteiger partial charge in [0.05, 0.1) is 0 Å². The molecule has 0 spiro atoms. The molecule has 2 aromatic rings. The molecule has 14 heavy (non-hydrogen) atoms. The summed E-state index contributed by atoms with van der Waals surface area (Å²) >= 11 is 3.46. The summed E-state index contributed by atoms with van der Waals surface area (Å²) < 4.78 is 2.10. The zero-order chi connectivity index (χ0) is 9.97. The number of hydrogen-bond donors (Lipinski definition) is 0. The Morgan fingerprint density at radius 2 is 2.36 bits per heavy atom. The molecule has 0 saturated heterocycles. The van der Waals surface area contributed by atoms with Crippen LogP contribution in [0.5, 0.6) is 0 Å². The number of hydrogen-bond acceptors (Lipinski definition) is 1. The summed E-state index contributed by atoms with van der Waals surface area (Å²) in [5.74, 6) is 0. The zero-order valence-electron chi connectivity index (χ0n) is 8.20. The number of aromatic nitrogens is 2. The summed E-state index contributed by atoms with van der Waals surface area (Å²) in [7, 11) is 2.05. The number of halogens is 1. The third-order valence-electron chi connectivity index (χ3n) is 2.40. The topological polar surface area (TPSA) is 17.8 Å². The quantitative estimate of drug-likeness (QED) is 0.769. The maximum absolute atomic E-state index is 4.36. The van der Waals surface area contributed by atoms with E-state index in [1.54, 1.807) is 0 Å². The Kier molecular flexibility index (Phi) is 2.87. The molecule has 2 rings (SSSR count). The Labute approximate surface area is 92.1 Å². The molecule has 0 aliphatic heterocycles. The standard InChI is InChI=1S/C11H13BrN2/c1-14-8-9(4-2-6-12)10-5-3-7-13-11(10)14/h3,5,7-8H,2,4,6H2,1H3. The summed E-state index contributed by atoms with van der Waals surface area (Å²) in [5.41, 5.74) is 2.48. The Hall–Kier alpha value is -0.830. The van der Waals surface area contributed by atoms with Crippen molar-refractivity contribution >= 4 is 27.0 Å². The molecular weight excluding hydrogens is 240 g/mol. The first-order valence-electron chi connectivity index (χ1n) is 4.78. The van der Waals surface area contributed by atoms with Gasteiger partial charge in [-0.25, -0.2) is 4.98 Å². The van der Waals surface area contributed by atoms with Gasteiger partial charge in [0, 0.05) is 30.2 Å². The summed E-state index contributed by atoms with van der Waals surface area (Å²) in [6.07, 6.45) is 6.32. The van der Waals surface area contributed by atoms with Crippen molar-refractivity contribution in [2.45, 2.75) is 12.8 Å². The fourth-order valence-corrected chi connectivity index (χ4v) is 2.03. The molecule has 0 radical (unpaired) electrons. The largest absolute Gasteiger partial charge is 0.335 e. The minimum absolute atomic E-state index is 1.06. The first-order valence-corrected chi connectivity index (χ1v) is 5.90. The van der Waals surface area contributed by atoms with E-state index in [-0.39, 0.29) is 0 Å². The van der Waals surface area contributed by atoms with E-state index in [4.69, 9.17) is 0 Å². The first kappa shape index (κ1) is 9.71. The van der Waals surface area contributed by atoms with Crippen molar-refractivity contribution in [3.8, 4) is 0 Å². The van der Waals surface area contributed by atoms with Gasteiger partial charge in [0.25, 0.3) is 0 Å². The predicted molar refractivity (Wildman–Crippen MR) is 62.8 cm³/mol. The lowest BCUT2D eigenvalue weighted by Crippen LogP contribution is -1.85. The third-order valence-corrected chi connectivity index (χ3v) is 2.96. The van der Waals surface area contributed by atoms with E-state index in [9.17, 15) is 0 Å². The van der Waals surface area contributed by atoms with E-state index in [1.807, 2.05) is 19.3 Å². The molecule has 74 valence electrons. The summed E-state index contributed by atoms with van der Waals surface area (Å²) in [5, 5.41) is 2.35. The normalized spacial score (nSPS) is 11.0. The molecule has 0 bridgehead atoms. The van der Waals surface area contributed by atoms with Gasteiger partial charge >= 0.3 is 0 Å². The number of pyridine rings is 1. The maximum atomic E-state index is 4.36. The maximum Gasteiger partial charge on any atom is 0.139 e. The molecular formula is C11H13BrN2. The molecule has 3 heteroatoms. The van der Waals surface area contributed by atoms with E-state index in [0.29, 0.717) is 0 Å². The monoisotopic (exact) mass is 252 g/mol. The van der Waals surface area contributed by atoms with Crippen LogP contribution in [0.15, 0.2) is 24.5 Å². The van der Waals surface area contributed by atoms with Gasteiger partial charge < -0.3 is 4.57 Å². The van der Waals surface area contributed by atoms with Crippen LogP contribution in [0.1, 0.15) is 12.0 Å². The van der Waals surface area contributed by atoms with Gasteiger partial charge in [-0.15, -0.1) is 0 Å². The average molecular weight is 253 g/mol. The Bertz CT molecular complexity index is 434. The van der Waals surface area contributed by atoms with Gasteiger partial charge in [0.2, 0.25) is 0 Å². The number of fused-ring (bicyclic) bond motifs is 1. The SMILES string of the molecule is Cn1cc(CCCBr)c2cccnc21. The van der Waals surface area contributed by atoms with Crippen LogP contribution in [0.3, 0.4) is 0 Å². The molecule has 0 amide bonds. The van der Waals surface area contributed by atoms with Crippen LogP contribution in [0.2, 0.25) is 0 Å². The molecule has 2 aromatic heterocycles. The van der Waals surface area contributed by atoms with Gasteiger partial charge in [-0.2, -0.15) is 0 Å². The van der Waals surface area contributed by atoms with Crippen LogP contribution in [-0.2, 0) is 13.5 Å². The van der Waals surface area contributed by atoms with Crippen LogP contribution in [0, 0.1) is 0 Å². The lowest BCUT2D eigenvalue weighted by molar-refractivity contribution is 0.907. The van der Waals surface area contributed by atoms with E-state index in [2.05, 4.69) is 37.7 Å². The summed E-state index contributed by atoms with van der Waals surface area (Å²) in [6, 6.07) is 4.14. The number of rotatable bonds is 3. The first-order chi connectivity index (χ1) is 6.83. The smallest absolute Gasteiger partial charge is 0.139 e. The highest BCUT2D eigenvalue weighted by molar-refractivity contribution is 9.09. The molecule has 2 heterocycles. The zero-order valence-corrected chi connectivity index (χ0v) is 9.79. The lowest BCUT2D eigenvalue weighted by Gasteiger charge is -1.95.